The van der Waals surface area contributed by atoms with Gasteiger partial charge in [0.25, 0.3) is 5.88 Å². The largest absolute Gasteiger partial charge is 0.479 e. The molecule has 4 aromatic heterocycles. The van der Waals surface area contributed by atoms with Crippen LogP contribution in [0, 0.1) is 13.8 Å². The van der Waals surface area contributed by atoms with Gasteiger partial charge in [0.15, 0.2) is 6.17 Å². The quantitative estimate of drug-likeness (QED) is 0.502. The monoisotopic (exact) mass is 444 g/mol. The molecule has 31 heavy (non-hydrogen) atoms. The van der Waals surface area contributed by atoms with E-state index in [1.54, 1.807) is 34.8 Å². The zero-order chi connectivity index (χ0) is 21.7. The van der Waals surface area contributed by atoms with Crippen molar-refractivity contribution >= 4 is 34.3 Å². The van der Waals surface area contributed by atoms with Crippen LogP contribution in [0.3, 0.4) is 0 Å². The van der Waals surface area contributed by atoms with E-state index in [-0.39, 0.29) is 19.0 Å². The van der Waals surface area contributed by atoms with Gasteiger partial charge in [0.1, 0.15) is 29.5 Å². The van der Waals surface area contributed by atoms with Gasteiger partial charge in [0.05, 0.1) is 36.0 Å². The molecule has 0 fully saturated rings. The number of rotatable bonds is 2. The molecule has 1 unspecified atom stereocenters. The highest BCUT2D eigenvalue weighted by Gasteiger charge is 2.24. The molecule has 5 rings (SSSR count). The van der Waals surface area contributed by atoms with Crippen LogP contribution in [0.5, 0.6) is 11.8 Å². The fourth-order valence-corrected chi connectivity index (χ4v) is 3.72. The zero-order valence-electron chi connectivity index (χ0n) is 16.9. The number of methoxy groups -OCH3 is 1. The van der Waals surface area contributed by atoms with Gasteiger partial charge < -0.3 is 19.4 Å². The molecule has 0 aliphatic carbocycles. The molecular weight excluding hydrogens is 427 g/mol. The van der Waals surface area contributed by atoms with Crippen LogP contribution in [-0.2, 0) is 6.54 Å². The van der Waals surface area contributed by atoms with Gasteiger partial charge in [0.2, 0.25) is 11.8 Å². The summed E-state index contributed by atoms with van der Waals surface area (Å²) in [6.07, 6.45) is 3.54. The Kier molecular flexibility index (Phi) is 4.62. The summed E-state index contributed by atoms with van der Waals surface area (Å²) < 4.78 is 29.1. The fourth-order valence-electron chi connectivity index (χ4n) is 3.47. The lowest BCUT2D eigenvalue weighted by molar-refractivity contribution is 0.175. The summed E-state index contributed by atoms with van der Waals surface area (Å²) in [5.74, 6) is 1.42. The summed E-state index contributed by atoms with van der Waals surface area (Å²) in [6.45, 7) is 3.42. The van der Waals surface area contributed by atoms with Crippen molar-refractivity contribution in [2.45, 2.75) is 26.6 Å². The maximum atomic E-state index is 14.7. The highest BCUT2D eigenvalue weighted by molar-refractivity contribution is 6.35. The van der Waals surface area contributed by atoms with E-state index in [1.165, 1.54) is 7.11 Å². The Morgan fingerprint density at radius 2 is 2.10 bits per heavy atom. The number of anilines is 2. The number of nitrogens with one attached hydrogen (secondary N) is 1. The van der Waals surface area contributed by atoms with E-state index in [9.17, 15) is 4.39 Å². The van der Waals surface area contributed by atoms with Crippen molar-refractivity contribution in [1.29, 1.82) is 0 Å². The Hall–Kier alpha value is -3.47. The molecule has 2 bridgehead atoms. The zero-order valence-corrected chi connectivity index (χ0v) is 17.7. The van der Waals surface area contributed by atoms with Crippen LogP contribution in [0.1, 0.15) is 11.5 Å². The van der Waals surface area contributed by atoms with Crippen molar-refractivity contribution in [1.82, 2.24) is 34.3 Å². The number of hydrogen-bond acceptors (Lipinski definition) is 8. The number of ether oxygens (including phenoxy) is 2. The Balaban J connectivity index is 1.66. The first-order valence-corrected chi connectivity index (χ1v) is 9.85. The minimum Gasteiger partial charge on any atom is -0.479 e. The van der Waals surface area contributed by atoms with Crippen LogP contribution in [0.15, 0.2) is 18.6 Å². The molecule has 0 saturated heterocycles. The van der Waals surface area contributed by atoms with Gasteiger partial charge in [0, 0.05) is 12.4 Å². The lowest BCUT2D eigenvalue weighted by Gasteiger charge is -2.10. The van der Waals surface area contributed by atoms with Crippen LogP contribution in [0.4, 0.5) is 16.0 Å². The number of aromatic nitrogens is 7. The Labute approximate surface area is 181 Å². The number of alkyl halides is 1. The third-order valence-corrected chi connectivity index (χ3v) is 5.26. The van der Waals surface area contributed by atoms with Crippen LogP contribution in [0.2, 0.25) is 5.02 Å². The molecule has 10 nitrogen and oxygen atoms in total. The molecule has 5 heterocycles. The normalized spacial score (nSPS) is 15.8. The molecule has 0 aromatic carbocycles. The molecule has 0 spiro atoms. The van der Waals surface area contributed by atoms with Crippen LogP contribution >= 0.6 is 11.6 Å². The molecule has 1 aliphatic heterocycles. The maximum absolute atomic E-state index is 14.7. The maximum Gasteiger partial charge on any atom is 0.257 e. The minimum absolute atomic E-state index is 0.0360. The second-order valence-electron chi connectivity index (χ2n) is 7.08. The van der Waals surface area contributed by atoms with Crippen molar-refractivity contribution in [3.63, 3.8) is 0 Å². The first-order chi connectivity index (χ1) is 14.9. The molecule has 0 saturated carbocycles. The molecule has 160 valence electrons. The second-order valence-corrected chi connectivity index (χ2v) is 7.49. The van der Waals surface area contributed by atoms with E-state index < -0.39 is 6.17 Å². The molecule has 1 aliphatic rings. The van der Waals surface area contributed by atoms with Gasteiger partial charge in [-0.25, -0.2) is 19.0 Å². The van der Waals surface area contributed by atoms with Gasteiger partial charge >= 0.3 is 0 Å². The fraction of sp³-hybridized carbons (Fsp3) is 0.316. The van der Waals surface area contributed by atoms with E-state index in [2.05, 4.69) is 30.4 Å². The summed E-state index contributed by atoms with van der Waals surface area (Å²) in [5.41, 5.74) is 2.21. The van der Waals surface area contributed by atoms with E-state index in [1.807, 2.05) is 6.92 Å². The SMILES string of the molecule is COc1nc(C)ncc1-n1nc2c(c1C)Nc1ncc3c(Cl)cn(c3n1)CC(F)CO2. The summed E-state index contributed by atoms with van der Waals surface area (Å²) in [6, 6.07) is 0. The van der Waals surface area contributed by atoms with Gasteiger partial charge in [-0.15, -0.1) is 5.10 Å². The van der Waals surface area contributed by atoms with Crippen LogP contribution in [0.25, 0.3) is 16.7 Å². The van der Waals surface area contributed by atoms with Gasteiger partial charge in [-0.2, -0.15) is 9.97 Å². The van der Waals surface area contributed by atoms with Crippen molar-refractivity contribution in [2.24, 2.45) is 0 Å². The molecule has 0 amide bonds. The third kappa shape index (κ3) is 3.30. The predicted molar refractivity (Wildman–Crippen MR) is 111 cm³/mol. The van der Waals surface area contributed by atoms with E-state index in [4.69, 9.17) is 21.1 Å². The number of nitrogens with zero attached hydrogens (tertiary/aromatic N) is 7. The summed E-state index contributed by atoms with van der Waals surface area (Å²) in [4.78, 5) is 17.4. The lowest BCUT2D eigenvalue weighted by atomic mass is 10.3. The van der Waals surface area contributed by atoms with Crippen molar-refractivity contribution in [3.8, 4) is 17.4 Å². The molecule has 4 aromatic rings. The summed E-state index contributed by atoms with van der Waals surface area (Å²) >= 11 is 6.25. The van der Waals surface area contributed by atoms with Crippen molar-refractivity contribution in [3.05, 3.63) is 35.1 Å². The summed E-state index contributed by atoms with van der Waals surface area (Å²) in [7, 11) is 1.52. The summed E-state index contributed by atoms with van der Waals surface area (Å²) in [5, 5.41) is 8.76. The van der Waals surface area contributed by atoms with Crippen LogP contribution in [-0.4, -0.2) is 54.2 Å². The first-order valence-electron chi connectivity index (χ1n) is 9.47. The molecule has 1 atom stereocenters. The Morgan fingerprint density at radius 3 is 2.90 bits per heavy atom. The standard InChI is InChI=1S/C19H18ClFN8O2/c1-9-15-18(27-29(9)14-5-22-10(2)24-17(14)30-3)31-8-11(21)6-28-7-13(20)12-4-23-19(25-15)26-16(12)28/h4-5,7,11H,6,8H2,1-3H3,(H,23,25,26). The first kappa shape index (κ1) is 19.5. The van der Waals surface area contributed by atoms with Gasteiger partial charge in [-0.3, -0.25) is 0 Å². The average molecular weight is 445 g/mol. The number of fused-ring (bicyclic) bond motifs is 2. The highest BCUT2D eigenvalue weighted by atomic mass is 35.5. The minimum atomic E-state index is -1.31. The number of aryl methyl sites for hydroxylation is 1. The molecule has 12 heteroatoms. The van der Waals surface area contributed by atoms with Crippen LogP contribution < -0.4 is 14.8 Å². The van der Waals surface area contributed by atoms with E-state index in [0.29, 0.717) is 50.8 Å². The average Bonchev–Trinajstić information content (AvgIpc) is 3.22. The Bertz CT molecular complexity index is 1300. The predicted octanol–water partition coefficient (Wildman–Crippen LogP) is 3.16. The highest BCUT2D eigenvalue weighted by Crippen LogP contribution is 2.35. The lowest BCUT2D eigenvalue weighted by Crippen LogP contribution is -2.19. The van der Waals surface area contributed by atoms with Gasteiger partial charge in [-0.1, -0.05) is 11.6 Å². The molecule has 1 N–H and O–H groups in total. The Morgan fingerprint density at radius 1 is 1.26 bits per heavy atom. The molecular formula is C19H18ClFN8O2. The van der Waals surface area contributed by atoms with E-state index >= 15 is 0 Å². The number of halogens is 2. The van der Waals surface area contributed by atoms with Crippen molar-refractivity contribution < 1.29 is 13.9 Å². The third-order valence-electron chi connectivity index (χ3n) is 4.96. The topological polar surface area (TPSA) is 105 Å². The second kappa shape index (κ2) is 7.34. The number of hydrogen-bond donors (Lipinski definition) is 1. The smallest absolute Gasteiger partial charge is 0.257 e. The van der Waals surface area contributed by atoms with Gasteiger partial charge in [-0.05, 0) is 13.8 Å². The van der Waals surface area contributed by atoms with E-state index in [0.717, 1.165) is 0 Å². The van der Waals surface area contributed by atoms with Crippen molar-refractivity contribution in [2.75, 3.05) is 19.0 Å². The molecule has 0 radical (unpaired) electrons.